The quantitative estimate of drug-likeness (QED) is 0.0177. The van der Waals surface area contributed by atoms with Crippen molar-refractivity contribution < 1.29 is 42.9 Å². The number of fused-ring (bicyclic) bond motifs is 1. The van der Waals surface area contributed by atoms with Crippen molar-refractivity contribution in [2.75, 3.05) is 70.4 Å². The van der Waals surface area contributed by atoms with Gasteiger partial charge >= 0.3 is 23.8 Å². The molecule has 3 aromatic rings. The number of hydrogen-bond donors (Lipinski definition) is 7. The maximum atomic E-state index is 13.6. The van der Waals surface area contributed by atoms with E-state index in [0.29, 0.717) is 24.5 Å². The number of unbranched alkanes of at least 4 members (excludes halogenated alkanes) is 1. The smallest absolute Gasteiger partial charge is 0.339 e. The molecule has 24 nitrogen and oxygen atoms in total. The van der Waals surface area contributed by atoms with Crippen molar-refractivity contribution in [3.63, 3.8) is 0 Å². The highest BCUT2D eigenvalue weighted by atomic mass is 16.5. The molecule has 0 aliphatic carbocycles. The number of rotatable bonds is 28. The van der Waals surface area contributed by atoms with Gasteiger partial charge in [0.25, 0.3) is 0 Å². The van der Waals surface area contributed by atoms with Crippen LogP contribution >= 0.6 is 0 Å². The van der Waals surface area contributed by atoms with Crippen LogP contribution in [0, 0.1) is 18.3 Å². The molecule has 1 aromatic carbocycles. The van der Waals surface area contributed by atoms with Crippen molar-refractivity contribution in [1.82, 2.24) is 40.4 Å². The number of carbonyl (C=O) groups is 5. The van der Waals surface area contributed by atoms with Gasteiger partial charge in [-0.3, -0.25) is 19.0 Å². The van der Waals surface area contributed by atoms with Crippen molar-refractivity contribution in [1.29, 1.82) is 0 Å². The summed E-state index contributed by atoms with van der Waals surface area (Å²) in [6.45, 7) is 6.68. The zero-order chi connectivity index (χ0) is 46.1. The van der Waals surface area contributed by atoms with Crippen LogP contribution in [0.25, 0.3) is 21.6 Å². The summed E-state index contributed by atoms with van der Waals surface area (Å²) in [4.78, 5) is 88.7. The molecule has 0 saturated heterocycles. The Kier molecular flexibility index (Phi) is 21.7. The summed E-state index contributed by atoms with van der Waals surface area (Å²) in [6, 6.07) is 2.69. The van der Waals surface area contributed by atoms with Crippen LogP contribution in [0.15, 0.2) is 34.2 Å². The Bertz CT molecular complexity index is 2150. The SMILES string of the molecule is C#CCn1c(=O)n(C(=O)NCc2ccc(NC(=O)[C@H](CCCNC(N)=O)NC(=O)[C@@H](NC(=O)COCCOCCOCCN=[N+]=[N-])C(C)C)cc2)c2c(N)nc(OCCCC)nc21. The molecule has 0 bridgehead atoms. The number of ether oxygens (including phenoxy) is 4. The van der Waals surface area contributed by atoms with Gasteiger partial charge in [-0.15, -0.1) is 6.42 Å². The molecule has 0 saturated carbocycles. The van der Waals surface area contributed by atoms with E-state index in [1.165, 1.54) is 0 Å². The normalized spacial score (nSPS) is 11.8. The van der Waals surface area contributed by atoms with Gasteiger partial charge in [-0.05, 0) is 48.4 Å². The minimum absolute atomic E-state index is 0.0327. The standard InChI is InChI=1S/C39H56N14O10/c1-5-7-17-63-37-49-32(40)31-33(50-37)52(16-6-2)39(59)53(31)38(58)44-23-26-10-12-27(13-11-26)46-34(55)28(9-8-14-43-36(41)57)47-35(56)30(25(3)4)48-29(54)24-62-22-21-61-20-19-60-18-15-45-51-42/h2,10-13,25,28,30H,5,7-9,14-24H2,1,3-4H3,(H,44,58)(H,46,55)(H,47,56)(H,48,54)(H2,40,49,50)(H3,41,43,57)/t28-,30-/m0/s1. The number of primary amides is 1. The number of terminal acetylenes is 1. The molecule has 3 rings (SSSR count). The lowest BCUT2D eigenvalue weighted by atomic mass is 10.0. The second-order valence-corrected chi connectivity index (χ2v) is 14.0. The Morgan fingerprint density at radius 1 is 0.952 bits per heavy atom. The van der Waals surface area contributed by atoms with E-state index in [-0.39, 0.29) is 101 Å². The van der Waals surface area contributed by atoms with E-state index in [4.69, 9.17) is 42.4 Å². The summed E-state index contributed by atoms with van der Waals surface area (Å²) in [5.74, 6) is 0.0905. The monoisotopic (exact) mass is 880 g/mol. The van der Waals surface area contributed by atoms with Crippen LogP contribution in [-0.4, -0.2) is 120 Å². The number of nitrogen functional groups attached to an aromatic ring is 1. The fraction of sp³-hybridized carbons (Fsp3) is 0.538. The summed E-state index contributed by atoms with van der Waals surface area (Å²) in [5, 5.41) is 16.6. The first-order valence-corrected chi connectivity index (χ1v) is 20.2. The number of anilines is 2. The lowest BCUT2D eigenvalue weighted by Crippen LogP contribution is -2.55. The van der Waals surface area contributed by atoms with Gasteiger partial charge in [0.1, 0.15) is 24.2 Å². The molecule has 0 aliphatic rings. The number of nitrogens with one attached hydrogen (secondary N) is 5. The van der Waals surface area contributed by atoms with E-state index in [2.05, 4.69) is 52.5 Å². The predicted molar refractivity (Wildman–Crippen MR) is 230 cm³/mol. The third kappa shape index (κ3) is 16.8. The number of nitrogens with two attached hydrogens (primary N) is 2. The van der Waals surface area contributed by atoms with Crippen molar-refractivity contribution in [3.8, 4) is 18.4 Å². The molecule has 0 unspecified atom stereocenters. The van der Waals surface area contributed by atoms with Crippen molar-refractivity contribution in [2.45, 2.75) is 71.6 Å². The first kappa shape index (κ1) is 50.4. The Morgan fingerprint density at radius 2 is 1.65 bits per heavy atom. The number of azide groups is 1. The largest absolute Gasteiger partial charge is 0.463 e. The average molecular weight is 881 g/mol. The molecule has 342 valence electrons. The number of hydrogen-bond acceptors (Lipinski definition) is 14. The van der Waals surface area contributed by atoms with E-state index in [1.54, 1.807) is 38.1 Å². The highest BCUT2D eigenvalue weighted by Gasteiger charge is 2.29. The molecule has 2 atom stereocenters. The number of benzene rings is 1. The van der Waals surface area contributed by atoms with Crippen LogP contribution in [0.4, 0.5) is 21.1 Å². The topological polar surface area (TPSA) is 336 Å². The number of imidazole rings is 1. The number of amides is 6. The average Bonchev–Trinajstić information content (AvgIpc) is 3.53. The minimum Gasteiger partial charge on any atom is -0.463 e. The summed E-state index contributed by atoms with van der Waals surface area (Å²) in [5.41, 5.74) is 19.8. The Labute approximate surface area is 363 Å². The third-order valence-electron chi connectivity index (χ3n) is 8.86. The zero-order valence-corrected chi connectivity index (χ0v) is 35.6. The Morgan fingerprint density at radius 3 is 2.30 bits per heavy atom. The molecule has 63 heavy (non-hydrogen) atoms. The van der Waals surface area contributed by atoms with Crippen molar-refractivity contribution >= 4 is 52.5 Å². The van der Waals surface area contributed by atoms with Crippen LogP contribution in [0.3, 0.4) is 0 Å². The van der Waals surface area contributed by atoms with Gasteiger partial charge in [-0.25, -0.2) is 19.0 Å². The minimum atomic E-state index is -1.09. The Hall–Kier alpha value is -6.93. The van der Waals surface area contributed by atoms with Crippen LogP contribution in [0.1, 0.15) is 52.0 Å². The second kappa shape index (κ2) is 27.1. The maximum absolute atomic E-state index is 13.6. The number of nitrogens with zero attached hydrogens (tertiary/aromatic N) is 7. The molecule has 0 aliphatic heterocycles. The second-order valence-electron chi connectivity index (χ2n) is 14.0. The van der Waals surface area contributed by atoms with Gasteiger partial charge < -0.3 is 57.0 Å². The van der Waals surface area contributed by atoms with Gasteiger partial charge in [0.15, 0.2) is 11.5 Å². The highest BCUT2D eigenvalue weighted by molar-refractivity contribution is 5.98. The molecule has 0 spiro atoms. The van der Waals surface area contributed by atoms with Crippen molar-refractivity contribution in [2.24, 2.45) is 16.8 Å². The van der Waals surface area contributed by atoms with Gasteiger partial charge in [0, 0.05) is 30.2 Å². The first-order chi connectivity index (χ1) is 30.3. The van der Waals surface area contributed by atoms with Gasteiger partial charge in [-0.2, -0.15) is 9.97 Å². The fourth-order valence-electron chi connectivity index (χ4n) is 5.69. The zero-order valence-electron chi connectivity index (χ0n) is 35.6. The van der Waals surface area contributed by atoms with E-state index < -0.39 is 47.6 Å². The molecule has 2 aromatic heterocycles. The van der Waals surface area contributed by atoms with Crippen molar-refractivity contribution in [3.05, 3.63) is 50.8 Å². The molecule has 9 N–H and O–H groups in total. The van der Waals surface area contributed by atoms with Gasteiger partial charge in [0.2, 0.25) is 17.7 Å². The van der Waals surface area contributed by atoms with Crippen LogP contribution in [0.2, 0.25) is 0 Å². The molecular weight excluding hydrogens is 825 g/mol. The van der Waals surface area contributed by atoms with Gasteiger partial charge in [0.05, 0.1) is 46.2 Å². The molecule has 2 heterocycles. The third-order valence-corrected chi connectivity index (χ3v) is 8.86. The molecule has 0 radical (unpaired) electrons. The number of carbonyl (C=O) groups excluding carboxylic acids is 5. The van der Waals surface area contributed by atoms with E-state index >= 15 is 0 Å². The lowest BCUT2D eigenvalue weighted by Gasteiger charge is -2.25. The van der Waals surface area contributed by atoms with E-state index in [9.17, 15) is 28.8 Å². The molecule has 24 heteroatoms. The van der Waals surface area contributed by atoms with Crippen LogP contribution in [0.5, 0.6) is 6.01 Å². The van der Waals surface area contributed by atoms with Crippen LogP contribution < -0.4 is 48.5 Å². The molecule has 6 amide bonds. The number of aromatic nitrogens is 4. The van der Waals surface area contributed by atoms with E-state index in [1.807, 2.05) is 6.92 Å². The summed E-state index contributed by atoms with van der Waals surface area (Å²) in [6.07, 6.45) is 7.48. The summed E-state index contributed by atoms with van der Waals surface area (Å²) in [7, 11) is 0. The molecule has 0 fully saturated rings. The van der Waals surface area contributed by atoms with Crippen LogP contribution in [-0.2, 0) is 41.7 Å². The fourth-order valence-corrected chi connectivity index (χ4v) is 5.69. The number of urea groups is 1. The maximum Gasteiger partial charge on any atom is 0.339 e. The molecular formula is C39H56N14O10. The Balaban J connectivity index is 1.61. The van der Waals surface area contributed by atoms with Gasteiger partial charge in [-0.1, -0.05) is 50.4 Å². The predicted octanol–water partition coefficient (Wildman–Crippen LogP) is 1.12. The lowest BCUT2D eigenvalue weighted by molar-refractivity contribution is -0.134. The van der Waals surface area contributed by atoms with E-state index in [0.717, 1.165) is 22.0 Å². The first-order valence-electron chi connectivity index (χ1n) is 20.2. The highest BCUT2D eigenvalue weighted by Crippen LogP contribution is 2.21. The summed E-state index contributed by atoms with van der Waals surface area (Å²) >= 11 is 0. The summed E-state index contributed by atoms with van der Waals surface area (Å²) < 4.78 is 23.4.